The average Bonchev–Trinajstić information content (AvgIpc) is 2.48. The fraction of sp³-hybridized carbons (Fsp3) is 0.0714. The second-order valence-electron chi connectivity index (χ2n) is 4.42. The van der Waals surface area contributed by atoms with Crippen LogP contribution >= 0.6 is 0 Å². The number of nitro groups is 1. The van der Waals surface area contributed by atoms with Crippen LogP contribution in [0.5, 0.6) is 5.75 Å². The van der Waals surface area contributed by atoms with Crippen molar-refractivity contribution >= 4 is 17.6 Å². The maximum absolute atomic E-state index is 12.6. The predicted octanol–water partition coefficient (Wildman–Crippen LogP) is 3.77. The minimum atomic E-state index is -4.47. The second kappa shape index (κ2) is 6.34. The Morgan fingerprint density at radius 3 is 2.57 bits per heavy atom. The Labute approximate surface area is 128 Å². The van der Waals surface area contributed by atoms with Crippen LogP contribution in [0, 0.1) is 10.1 Å². The van der Waals surface area contributed by atoms with Crippen molar-refractivity contribution in [3.63, 3.8) is 0 Å². The molecule has 0 unspecified atom stereocenters. The number of hydrogen-bond donors (Lipinski definition) is 2. The molecule has 0 aliphatic carbocycles. The number of benzene rings is 2. The summed E-state index contributed by atoms with van der Waals surface area (Å²) in [4.78, 5) is 9.92. The minimum Gasteiger partial charge on any atom is -0.502 e. The highest BCUT2D eigenvalue weighted by molar-refractivity contribution is 5.86. The average molecular weight is 325 g/mol. The van der Waals surface area contributed by atoms with Gasteiger partial charge in [-0.25, -0.2) is 0 Å². The van der Waals surface area contributed by atoms with Gasteiger partial charge in [-0.2, -0.15) is 18.3 Å². The van der Waals surface area contributed by atoms with Crippen molar-refractivity contribution in [2.45, 2.75) is 6.18 Å². The molecule has 2 aromatic rings. The van der Waals surface area contributed by atoms with Gasteiger partial charge >= 0.3 is 11.9 Å². The summed E-state index contributed by atoms with van der Waals surface area (Å²) < 4.78 is 37.7. The second-order valence-corrected chi connectivity index (χ2v) is 4.42. The Bertz CT molecular complexity index is 760. The molecule has 0 bridgehead atoms. The van der Waals surface area contributed by atoms with Crippen LogP contribution in [0.3, 0.4) is 0 Å². The van der Waals surface area contributed by atoms with Gasteiger partial charge in [-0.15, -0.1) is 0 Å². The van der Waals surface area contributed by atoms with Gasteiger partial charge < -0.3 is 5.11 Å². The number of para-hydroxylation sites is 1. The number of nitro benzene ring substituents is 1. The minimum absolute atomic E-state index is 0.0543. The van der Waals surface area contributed by atoms with E-state index in [1.807, 2.05) is 0 Å². The number of hydrogen-bond acceptors (Lipinski definition) is 5. The number of rotatable bonds is 4. The molecule has 0 saturated heterocycles. The number of phenols is 1. The topological polar surface area (TPSA) is 87.8 Å². The highest BCUT2D eigenvalue weighted by Gasteiger charge is 2.30. The molecular formula is C14H10F3N3O3. The summed E-state index contributed by atoms with van der Waals surface area (Å²) in [5.41, 5.74) is 1.18. The molecule has 6 nitrogen and oxygen atoms in total. The lowest BCUT2D eigenvalue weighted by Crippen LogP contribution is -2.05. The number of hydrazone groups is 1. The van der Waals surface area contributed by atoms with Gasteiger partial charge in [-0.05, 0) is 24.3 Å². The van der Waals surface area contributed by atoms with E-state index in [4.69, 9.17) is 0 Å². The number of phenolic OH excluding ortho intramolecular Hbond substituents is 1. The van der Waals surface area contributed by atoms with Crippen LogP contribution in [0.1, 0.15) is 11.1 Å². The van der Waals surface area contributed by atoms with Gasteiger partial charge in [-0.3, -0.25) is 15.5 Å². The van der Waals surface area contributed by atoms with E-state index < -0.39 is 28.1 Å². The maximum Gasteiger partial charge on any atom is 0.416 e. The van der Waals surface area contributed by atoms with E-state index in [-0.39, 0.29) is 11.3 Å². The summed E-state index contributed by atoms with van der Waals surface area (Å²) in [6.07, 6.45) is -3.40. The van der Waals surface area contributed by atoms with Crippen molar-refractivity contribution in [1.29, 1.82) is 0 Å². The van der Waals surface area contributed by atoms with Gasteiger partial charge in [-0.1, -0.05) is 12.1 Å². The Morgan fingerprint density at radius 1 is 1.22 bits per heavy atom. The van der Waals surface area contributed by atoms with Gasteiger partial charge in [0.2, 0.25) is 5.75 Å². The molecule has 2 aromatic carbocycles. The lowest BCUT2D eigenvalue weighted by molar-refractivity contribution is -0.385. The molecule has 0 atom stereocenters. The highest BCUT2D eigenvalue weighted by Crippen LogP contribution is 2.31. The number of anilines is 1. The molecule has 9 heteroatoms. The van der Waals surface area contributed by atoms with Crippen LogP contribution in [0.15, 0.2) is 47.6 Å². The fourth-order valence-corrected chi connectivity index (χ4v) is 1.74. The van der Waals surface area contributed by atoms with Crippen LogP contribution in [-0.4, -0.2) is 16.2 Å². The van der Waals surface area contributed by atoms with Crippen LogP contribution in [0.4, 0.5) is 24.5 Å². The normalized spacial score (nSPS) is 11.6. The van der Waals surface area contributed by atoms with E-state index in [0.29, 0.717) is 0 Å². The molecule has 0 radical (unpaired) electrons. The molecule has 0 fully saturated rings. The van der Waals surface area contributed by atoms with Crippen molar-refractivity contribution in [3.05, 3.63) is 63.7 Å². The summed E-state index contributed by atoms with van der Waals surface area (Å²) in [5.74, 6) is -0.577. The van der Waals surface area contributed by atoms with E-state index in [2.05, 4.69) is 10.5 Å². The highest BCUT2D eigenvalue weighted by atomic mass is 19.4. The molecule has 0 saturated carbocycles. The van der Waals surface area contributed by atoms with Crippen molar-refractivity contribution < 1.29 is 23.2 Å². The van der Waals surface area contributed by atoms with Crippen LogP contribution in [0.2, 0.25) is 0 Å². The molecule has 0 heterocycles. The third-order valence-electron chi connectivity index (χ3n) is 2.83. The Hall–Kier alpha value is -3.10. The first-order valence-electron chi connectivity index (χ1n) is 6.22. The summed E-state index contributed by atoms with van der Waals surface area (Å²) in [5, 5.41) is 24.0. The third kappa shape index (κ3) is 3.96. The summed E-state index contributed by atoms with van der Waals surface area (Å²) in [6.45, 7) is 0. The zero-order valence-corrected chi connectivity index (χ0v) is 11.4. The number of nitrogens with zero attached hydrogens (tertiary/aromatic N) is 2. The Balaban J connectivity index is 2.17. The standard InChI is InChI=1S/C14H10F3N3O3/c15-14(16,17)10-4-2-5-11(7-10)19-18-8-9-3-1-6-12(13(9)21)20(22)23/h1-8,19,21H/b18-8-. The number of alkyl halides is 3. The van der Waals surface area contributed by atoms with E-state index in [9.17, 15) is 28.4 Å². The van der Waals surface area contributed by atoms with Crippen molar-refractivity contribution in [2.24, 2.45) is 5.10 Å². The Kier molecular flexibility index (Phi) is 4.49. The van der Waals surface area contributed by atoms with E-state index in [1.165, 1.54) is 24.3 Å². The molecule has 23 heavy (non-hydrogen) atoms. The zero-order chi connectivity index (χ0) is 17.0. The largest absolute Gasteiger partial charge is 0.502 e. The zero-order valence-electron chi connectivity index (χ0n) is 11.4. The number of nitrogens with one attached hydrogen (secondary N) is 1. The van der Waals surface area contributed by atoms with E-state index in [0.717, 1.165) is 24.4 Å². The predicted molar refractivity (Wildman–Crippen MR) is 77.4 cm³/mol. The van der Waals surface area contributed by atoms with Crippen LogP contribution < -0.4 is 5.43 Å². The summed E-state index contributed by atoms with van der Waals surface area (Å²) >= 11 is 0. The van der Waals surface area contributed by atoms with Crippen molar-refractivity contribution in [3.8, 4) is 5.75 Å². The van der Waals surface area contributed by atoms with Gasteiger partial charge in [0.25, 0.3) is 0 Å². The maximum atomic E-state index is 12.6. The summed E-state index contributed by atoms with van der Waals surface area (Å²) in [6, 6.07) is 8.22. The lowest BCUT2D eigenvalue weighted by atomic mass is 10.2. The summed E-state index contributed by atoms with van der Waals surface area (Å²) in [7, 11) is 0. The third-order valence-corrected chi connectivity index (χ3v) is 2.83. The molecule has 0 amide bonds. The van der Waals surface area contributed by atoms with E-state index in [1.54, 1.807) is 0 Å². The molecule has 2 rings (SSSR count). The number of aromatic hydroxyl groups is 1. The van der Waals surface area contributed by atoms with Crippen LogP contribution in [0.25, 0.3) is 0 Å². The smallest absolute Gasteiger partial charge is 0.416 e. The molecular weight excluding hydrogens is 315 g/mol. The molecule has 0 spiro atoms. The molecule has 0 aliphatic rings. The van der Waals surface area contributed by atoms with E-state index >= 15 is 0 Å². The SMILES string of the molecule is O=[N+]([O-])c1cccc(/C=N\Nc2cccc(C(F)(F)F)c2)c1O. The first kappa shape index (κ1) is 16.3. The Morgan fingerprint density at radius 2 is 1.91 bits per heavy atom. The van der Waals surface area contributed by atoms with Crippen LogP contribution in [-0.2, 0) is 6.18 Å². The van der Waals surface area contributed by atoms with Gasteiger partial charge in [0.05, 0.1) is 22.4 Å². The monoisotopic (exact) mass is 325 g/mol. The lowest BCUT2D eigenvalue weighted by Gasteiger charge is -2.08. The molecule has 0 aliphatic heterocycles. The van der Waals surface area contributed by atoms with Crippen molar-refractivity contribution in [1.82, 2.24) is 0 Å². The van der Waals surface area contributed by atoms with Crippen molar-refractivity contribution in [2.75, 3.05) is 5.43 Å². The molecule has 0 aromatic heterocycles. The van der Waals surface area contributed by atoms with Gasteiger partial charge in [0.1, 0.15) is 0 Å². The van der Waals surface area contributed by atoms with Gasteiger partial charge in [0.15, 0.2) is 0 Å². The molecule has 120 valence electrons. The quantitative estimate of drug-likeness (QED) is 0.509. The fourth-order valence-electron chi connectivity index (χ4n) is 1.74. The molecule has 2 N–H and O–H groups in total. The number of halogens is 3. The van der Waals surface area contributed by atoms with Gasteiger partial charge in [0, 0.05) is 11.6 Å². The first-order chi connectivity index (χ1) is 10.8. The first-order valence-corrected chi connectivity index (χ1v) is 6.22.